The molecule has 8 heteroatoms. The Morgan fingerprint density at radius 2 is 1.90 bits per heavy atom. The van der Waals surface area contributed by atoms with Crippen molar-refractivity contribution >= 4 is 28.2 Å². The smallest absolute Gasteiger partial charge is 0.350 e. The molecule has 0 atom stereocenters. The van der Waals surface area contributed by atoms with Crippen molar-refractivity contribution in [2.45, 2.75) is 13.8 Å². The quantitative estimate of drug-likeness (QED) is 0.510. The highest BCUT2D eigenvalue weighted by Gasteiger charge is 2.12. The minimum atomic E-state index is -0.612. The summed E-state index contributed by atoms with van der Waals surface area (Å²) < 4.78 is 11.6. The van der Waals surface area contributed by atoms with Gasteiger partial charge >= 0.3 is 11.2 Å². The fraction of sp³-hybridized carbons (Fsp3) is 0.190. The lowest BCUT2D eigenvalue weighted by atomic mass is 10.2. The summed E-state index contributed by atoms with van der Waals surface area (Å²) in [5, 5.41) is 4.88. The van der Waals surface area contributed by atoms with Crippen molar-refractivity contribution in [1.82, 2.24) is 14.6 Å². The topological polar surface area (TPSA) is 101 Å². The summed E-state index contributed by atoms with van der Waals surface area (Å²) >= 11 is 0. The van der Waals surface area contributed by atoms with E-state index in [-0.39, 0.29) is 0 Å². The second-order valence-corrected chi connectivity index (χ2v) is 6.56. The molecule has 148 valence electrons. The highest BCUT2D eigenvalue weighted by molar-refractivity contribution is 6.04. The van der Waals surface area contributed by atoms with E-state index >= 15 is 0 Å². The number of benzene rings is 2. The Hall–Kier alpha value is -3.81. The van der Waals surface area contributed by atoms with E-state index in [1.54, 1.807) is 25.3 Å². The fourth-order valence-electron chi connectivity index (χ4n) is 3.22. The molecule has 0 bridgehead atoms. The van der Waals surface area contributed by atoms with Gasteiger partial charge in [-0.15, -0.1) is 4.68 Å². The van der Waals surface area contributed by atoms with Gasteiger partial charge in [-0.25, -0.2) is 4.79 Å². The average molecular weight is 392 g/mol. The van der Waals surface area contributed by atoms with Crippen LogP contribution in [0.2, 0.25) is 0 Å². The summed E-state index contributed by atoms with van der Waals surface area (Å²) in [5.41, 5.74) is 2.11. The van der Waals surface area contributed by atoms with Gasteiger partial charge in [-0.2, -0.15) is 5.10 Å². The Balaban J connectivity index is 1.79. The fourth-order valence-corrected chi connectivity index (χ4v) is 3.22. The Kier molecular flexibility index (Phi) is 4.67. The first-order valence-electron chi connectivity index (χ1n) is 9.14. The molecule has 0 spiro atoms. The molecule has 4 aromatic rings. The summed E-state index contributed by atoms with van der Waals surface area (Å²) in [6.07, 6.45) is 1.42. The van der Waals surface area contributed by atoms with Crippen LogP contribution in [-0.2, 0) is 0 Å². The minimum absolute atomic E-state index is 0.298. The summed E-state index contributed by atoms with van der Waals surface area (Å²) in [4.78, 5) is 31.2. The molecule has 0 amide bonds. The highest BCUT2D eigenvalue weighted by Crippen LogP contribution is 2.27. The lowest BCUT2D eigenvalue weighted by molar-refractivity contribution is 0.311. The predicted molar refractivity (Wildman–Crippen MR) is 113 cm³/mol. The molecule has 29 heavy (non-hydrogen) atoms. The van der Waals surface area contributed by atoms with Gasteiger partial charge in [0.15, 0.2) is 11.5 Å². The zero-order valence-electron chi connectivity index (χ0n) is 16.3. The number of H-pyrrole nitrogens is 2. The molecule has 0 aliphatic carbocycles. The van der Waals surface area contributed by atoms with E-state index in [0.717, 1.165) is 21.1 Å². The van der Waals surface area contributed by atoms with Gasteiger partial charge in [-0.3, -0.25) is 4.79 Å². The predicted octanol–water partition coefficient (Wildman–Crippen LogP) is 2.77. The molecule has 0 aliphatic rings. The van der Waals surface area contributed by atoms with E-state index in [1.165, 1.54) is 6.21 Å². The number of ether oxygens (including phenoxy) is 2. The van der Waals surface area contributed by atoms with Gasteiger partial charge in [0.05, 0.1) is 25.4 Å². The molecular formula is C21H20N4O4. The number of aromatic nitrogens is 3. The normalized spacial score (nSPS) is 11.6. The van der Waals surface area contributed by atoms with E-state index in [9.17, 15) is 9.59 Å². The standard InChI is InChI=1S/C21H20N4O4/c1-4-29-16-8-6-13(10-17(16)28-3)11-22-25-20(26)19-18(24-21(25)27)14-9-12(2)5-7-15(14)23-19/h5-11,23H,4H2,1-3H3,(H,24,27). The van der Waals surface area contributed by atoms with Gasteiger partial charge < -0.3 is 19.4 Å². The van der Waals surface area contributed by atoms with Gasteiger partial charge in [-0.1, -0.05) is 11.6 Å². The first-order chi connectivity index (χ1) is 14.0. The molecule has 2 heterocycles. The number of aromatic amines is 2. The van der Waals surface area contributed by atoms with Crippen molar-refractivity contribution < 1.29 is 9.47 Å². The molecule has 0 fully saturated rings. The van der Waals surface area contributed by atoms with Gasteiger partial charge in [0, 0.05) is 10.9 Å². The number of nitrogens with zero attached hydrogens (tertiary/aromatic N) is 2. The second kappa shape index (κ2) is 7.31. The maximum Gasteiger partial charge on any atom is 0.350 e. The van der Waals surface area contributed by atoms with Gasteiger partial charge in [0.1, 0.15) is 5.52 Å². The maximum atomic E-state index is 12.8. The number of fused-ring (bicyclic) bond motifs is 3. The third kappa shape index (κ3) is 3.29. The van der Waals surface area contributed by atoms with Crippen molar-refractivity contribution in [2.75, 3.05) is 13.7 Å². The molecule has 0 aliphatic heterocycles. The SMILES string of the molecule is CCOc1ccc(C=Nn2c(=O)[nH]c3c([nH]c4ccc(C)cc43)c2=O)cc1OC. The van der Waals surface area contributed by atoms with Crippen LogP contribution in [0, 0.1) is 6.92 Å². The molecular weight excluding hydrogens is 372 g/mol. The lowest BCUT2D eigenvalue weighted by Gasteiger charge is -2.09. The zero-order valence-corrected chi connectivity index (χ0v) is 16.3. The monoisotopic (exact) mass is 392 g/mol. The lowest BCUT2D eigenvalue weighted by Crippen LogP contribution is -2.32. The molecule has 4 rings (SSSR count). The molecule has 2 N–H and O–H groups in total. The number of hydrogen-bond donors (Lipinski definition) is 2. The Morgan fingerprint density at radius 3 is 2.66 bits per heavy atom. The molecule has 0 radical (unpaired) electrons. The van der Waals surface area contributed by atoms with E-state index in [4.69, 9.17) is 9.47 Å². The van der Waals surface area contributed by atoms with Crippen LogP contribution in [0.25, 0.3) is 21.9 Å². The van der Waals surface area contributed by atoms with E-state index in [0.29, 0.717) is 34.7 Å². The van der Waals surface area contributed by atoms with Crippen LogP contribution in [0.5, 0.6) is 11.5 Å². The summed E-state index contributed by atoms with van der Waals surface area (Å²) in [5.74, 6) is 1.15. The number of methoxy groups -OCH3 is 1. The highest BCUT2D eigenvalue weighted by atomic mass is 16.5. The number of aryl methyl sites for hydroxylation is 1. The van der Waals surface area contributed by atoms with Crippen molar-refractivity contribution in [3.63, 3.8) is 0 Å². The van der Waals surface area contributed by atoms with Gasteiger partial charge in [0.2, 0.25) is 0 Å². The molecule has 2 aromatic heterocycles. The van der Waals surface area contributed by atoms with E-state index < -0.39 is 11.2 Å². The van der Waals surface area contributed by atoms with E-state index in [2.05, 4.69) is 15.1 Å². The molecule has 0 saturated heterocycles. The van der Waals surface area contributed by atoms with Crippen molar-refractivity contribution in [3.05, 3.63) is 68.4 Å². The van der Waals surface area contributed by atoms with Crippen molar-refractivity contribution in [2.24, 2.45) is 5.10 Å². The number of rotatable bonds is 5. The zero-order chi connectivity index (χ0) is 20.5. The largest absolute Gasteiger partial charge is 0.493 e. The van der Waals surface area contributed by atoms with Crippen LogP contribution >= 0.6 is 0 Å². The minimum Gasteiger partial charge on any atom is -0.493 e. The van der Waals surface area contributed by atoms with Crippen LogP contribution in [0.3, 0.4) is 0 Å². The maximum absolute atomic E-state index is 12.8. The van der Waals surface area contributed by atoms with Crippen molar-refractivity contribution in [1.29, 1.82) is 0 Å². The third-order valence-electron chi connectivity index (χ3n) is 4.59. The van der Waals surface area contributed by atoms with Crippen molar-refractivity contribution in [3.8, 4) is 11.5 Å². The van der Waals surface area contributed by atoms with Crippen LogP contribution in [0.15, 0.2) is 51.1 Å². The average Bonchev–Trinajstić information content (AvgIpc) is 3.07. The summed E-state index contributed by atoms with van der Waals surface area (Å²) in [7, 11) is 1.54. The van der Waals surface area contributed by atoms with Crippen LogP contribution in [-0.4, -0.2) is 34.6 Å². The Labute approximate surface area is 165 Å². The molecule has 0 saturated carbocycles. The van der Waals surface area contributed by atoms with Crippen LogP contribution in [0.1, 0.15) is 18.1 Å². The van der Waals surface area contributed by atoms with Gasteiger partial charge in [-0.05, 0) is 49.7 Å². The summed E-state index contributed by atoms with van der Waals surface area (Å²) in [6, 6.07) is 11.0. The molecule has 0 unspecified atom stereocenters. The first-order valence-corrected chi connectivity index (χ1v) is 9.14. The molecule has 2 aromatic carbocycles. The second-order valence-electron chi connectivity index (χ2n) is 6.56. The number of hydrogen-bond acceptors (Lipinski definition) is 5. The first kappa shape index (κ1) is 18.5. The van der Waals surface area contributed by atoms with Crippen LogP contribution < -0.4 is 20.7 Å². The summed E-state index contributed by atoms with van der Waals surface area (Å²) in [6.45, 7) is 4.35. The Bertz CT molecular complexity index is 1360. The van der Waals surface area contributed by atoms with Gasteiger partial charge in [0.25, 0.3) is 0 Å². The van der Waals surface area contributed by atoms with Crippen LogP contribution in [0.4, 0.5) is 0 Å². The number of nitrogens with one attached hydrogen (secondary N) is 2. The van der Waals surface area contributed by atoms with E-state index in [1.807, 2.05) is 32.0 Å². The third-order valence-corrected chi connectivity index (χ3v) is 4.59. The Morgan fingerprint density at radius 1 is 1.07 bits per heavy atom. The molecule has 8 nitrogen and oxygen atoms in total.